The van der Waals surface area contributed by atoms with Crippen LogP contribution in [0.5, 0.6) is 0 Å². The molecule has 11 heteroatoms. The largest absolute Gasteiger partial charge is 0.370 e. The highest BCUT2D eigenvalue weighted by Gasteiger charge is 2.27. The van der Waals surface area contributed by atoms with E-state index >= 15 is 0 Å². The van der Waals surface area contributed by atoms with E-state index in [9.17, 15) is 9.59 Å². The molecule has 2 aromatic rings. The average Bonchev–Trinajstić information content (AvgIpc) is 3.19. The number of hydrogen-bond acceptors (Lipinski definition) is 7. The van der Waals surface area contributed by atoms with Crippen molar-refractivity contribution in [2.75, 3.05) is 6.54 Å². The zero-order valence-corrected chi connectivity index (χ0v) is 12.3. The van der Waals surface area contributed by atoms with Crippen molar-refractivity contribution in [3.8, 4) is 11.5 Å². The molecule has 2 aromatic heterocycles. The van der Waals surface area contributed by atoms with Gasteiger partial charge in [-0.2, -0.15) is 5.21 Å². The molecule has 1 aliphatic rings. The second kappa shape index (κ2) is 6.12. The first-order valence-corrected chi connectivity index (χ1v) is 7.17. The maximum Gasteiger partial charge on any atom is 0.239 e. The van der Waals surface area contributed by atoms with Gasteiger partial charge in [-0.1, -0.05) is 0 Å². The number of rotatable bonds is 5. The van der Waals surface area contributed by atoms with Crippen LogP contribution >= 0.6 is 0 Å². The molecule has 5 N–H and O–H groups in total. The van der Waals surface area contributed by atoms with Crippen LogP contribution in [-0.2, 0) is 22.7 Å². The van der Waals surface area contributed by atoms with E-state index in [0.717, 1.165) is 11.5 Å². The summed E-state index contributed by atoms with van der Waals surface area (Å²) in [4.78, 5) is 29.1. The summed E-state index contributed by atoms with van der Waals surface area (Å²) in [6.45, 7) is 1.41. The Morgan fingerprint density at radius 2 is 2.22 bits per heavy atom. The highest BCUT2D eigenvalue weighted by molar-refractivity contribution is 5.82. The predicted molar refractivity (Wildman–Crippen MR) is 77.2 cm³/mol. The molecule has 0 spiro atoms. The van der Waals surface area contributed by atoms with Gasteiger partial charge in [0.25, 0.3) is 0 Å². The molecule has 1 aliphatic heterocycles. The van der Waals surface area contributed by atoms with Crippen molar-refractivity contribution < 1.29 is 9.59 Å². The standard InChI is InChI=1S/C12H17N9O2/c13-7(1-2-9(14)22)12(23)20-3-4-21-8(5-15-10(21)6-20)11-16-18-19-17-11/h5,7H,1-4,6,13H2,(H2,14,22)(H,16,17,18,19)/t7-/m0/s1. The quantitative estimate of drug-likeness (QED) is 0.574. The molecule has 3 heterocycles. The van der Waals surface area contributed by atoms with Crippen LogP contribution in [0.15, 0.2) is 6.20 Å². The van der Waals surface area contributed by atoms with Gasteiger partial charge in [-0.15, -0.1) is 10.2 Å². The summed E-state index contributed by atoms with van der Waals surface area (Å²) >= 11 is 0. The number of carbonyl (C=O) groups is 2. The number of H-pyrrole nitrogens is 1. The lowest BCUT2D eigenvalue weighted by Crippen LogP contribution is -2.47. The first-order chi connectivity index (χ1) is 11.1. The van der Waals surface area contributed by atoms with Gasteiger partial charge in [0.1, 0.15) is 11.5 Å². The van der Waals surface area contributed by atoms with Crippen molar-refractivity contribution in [2.45, 2.75) is 32.0 Å². The number of amides is 2. The van der Waals surface area contributed by atoms with Crippen molar-refractivity contribution in [2.24, 2.45) is 11.5 Å². The van der Waals surface area contributed by atoms with Gasteiger partial charge >= 0.3 is 0 Å². The third kappa shape index (κ3) is 3.04. The van der Waals surface area contributed by atoms with Crippen LogP contribution in [0.25, 0.3) is 11.5 Å². The topological polar surface area (TPSA) is 162 Å². The molecule has 3 rings (SSSR count). The minimum absolute atomic E-state index is 0.0946. The number of aromatic amines is 1. The smallest absolute Gasteiger partial charge is 0.239 e. The molecular weight excluding hydrogens is 302 g/mol. The number of nitrogens with one attached hydrogen (secondary N) is 1. The van der Waals surface area contributed by atoms with E-state index < -0.39 is 11.9 Å². The number of tetrazole rings is 1. The molecule has 0 radical (unpaired) electrons. The molecule has 0 saturated heterocycles. The highest BCUT2D eigenvalue weighted by Crippen LogP contribution is 2.21. The molecule has 2 amide bonds. The monoisotopic (exact) mass is 319 g/mol. The number of nitrogens with two attached hydrogens (primary N) is 2. The number of fused-ring (bicyclic) bond motifs is 1. The van der Waals surface area contributed by atoms with E-state index in [2.05, 4.69) is 25.6 Å². The summed E-state index contributed by atoms with van der Waals surface area (Å²) in [5.41, 5.74) is 11.7. The predicted octanol–water partition coefficient (Wildman–Crippen LogP) is -2.00. The summed E-state index contributed by atoms with van der Waals surface area (Å²) in [5, 5.41) is 13.8. The Kier molecular flexibility index (Phi) is 4.02. The second-order valence-corrected chi connectivity index (χ2v) is 5.32. The van der Waals surface area contributed by atoms with Crippen molar-refractivity contribution in [3.05, 3.63) is 12.0 Å². The molecule has 23 heavy (non-hydrogen) atoms. The Balaban J connectivity index is 1.69. The summed E-state index contributed by atoms with van der Waals surface area (Å²) in [6.07, 6.45) is 1.99. The van der Waals surface area contributed by atoms with Crippen LogP contribution < -0.4 is 11.5 Å². The Labute approximate surface area is 131 Å². The number of carbonyl (C=O) groups excluding carboxylic acids is 2. The highest BCUT2D eigenvalue weighted by atomic mass is 16.2. The maximum absolute atomic E-state index is 12.3. The van der Waals surface area contributed by atoms with Crippen LogP contribution in [-0.4, -0.2) is 59.5 Å². The fraction of sp³-hybridized carbons (Fsp3) is 0.500. The summed E-state index contributed by atoms with van der Waals surface area (Å²) in [5.74, 6) is 0.516. The zero-order chi connectivity index (χ0) is 16.4. The molecule has 0 bridgehead atoms. The number of aromatic nitrogens is 6. The SMILES string of the molecule is NC(=O)CC[C@H](N)C(=O)N1CCn2c(-c3nn[nH]n3)cnc2C1. The third-order valence-corrected chi connectivity index (χ3v) is 3.77. The van der Waals surface area contributed by atoms with E-state index in [1.54, 1.807) is 11.1 Å². The molecular formula is C12H17N9O2. The van der Waals surface area contributed by atoms with Crippen molar-refractivity contribution in [3.63, 3.8) is 0 Å². The summed E-state index contributed by atoms with van der Waals surface area (Å²) < 4.78 is 1.95. The lowest BCUT2D eigenvalue weighted by molar-refractivity contribution is -0.134. The Bertz CT molecular complexity index is 708. The van der Waals surface area contributed by atoms with Gasteiger partial charge in [-0.3, -0.25) is 9.59 Å². The zero-order valence-electron chi connectivity index (χ0n) is 12.3. The van der Waals surface area contributed by atoms with Crippen LogP contribution in [0.1, 0.15) is 18.7 Å². The molecule has 0 aromatic carbocycles. The van der Waals surface area contributed by atoms with Crippen LogP contribution in [0.2, 0.25) is 0 Å². The van der Waals surface area contributed by atoms with Crippen molar-refractivity contribution >= 4 is 11.8 Å². The Morgan fingerprint density at radius 1 is 1.39 bits per heavy atom. The average molecular weight is 319 g/mol. The van der Waals surface area contributed by atoms with E-state index in [-0.39, 0.29) is 18.7 Å². The van der Waals surface area contributed by atoms with Gasteiger partial charge in [0.15, 0.2) is 0 Å². The van der Waals surface area contributed by atoms with Crippen molar-refractivity contribution in [1.29, 1.82) is 0 Å². The van der Waals surface area contributed by atoms with Gasteiger partial charge in [0.2, 0.25) is 17.6 Å². The van der Waals surface area contributed by atoms with E-state index in [1.165, 1.54) is 0 Å². The van der Waals surface area contributed by atoms with Gasteiger partial charge in [0.05, 0.1) is 18.8 Å². The molecule has 0 fully saturated rings. The molecule has 122 valence electrons. The minimum Gasteiger partial charge on any atom is -0.370 e. The molecule has 0 unspecified atom stereocenters. The fourth-order valence-electron chi connectivity index (χ4n) is 2.55. The Morgan fingerprint density at radius 3 is 2.91 bits per heavy atom. The molecule has 11 nitrogen and oxygen atoms in total. The summed E-state index contributed by atoms with van der Waals surface area (Å²) in [6, 6.07) is -0.735. The minimum atomic E-state index is -0.735. The fourth-order valence-corrected chi connectivity index (χ4v) is 2.55. The lowest BCUT2D eigenvalue weighted by Gasteiger charge is -2.30. The van der Waals surface area contributed by atoms with Gasteiger partial charge in [-0.05, 0) is 11.6 Å². The van der Waals surface area contributed by atoms with E-state index in [0.29, 0.717) is 25.5 Å². The normalized spacial score (nSPS) is 15.3. The van der Waals surface area contributed by atoms with Crippen LogP contribution in [0.3, 0.4) is 0 Å². The molecule has 0 saturated carbocycles. The molecule has 1 atom stereocenters. The van der Waals surface area contributed by atoms with Crippen molar-refractivity contribution in [1.82, 2.24) is 35.1 Å². The number of primary amides is 1. The van der Waals surface area contributed by atoms with E-state index in [1.807, 2.05) is 4.57 Å². The summed E-state index contributed by atoms with van der Waals surface area (Å²) in [7, 11) is 0. The van der Waals surface area contributed by atoms with Crippen LogP contribution in [0, 0.1) is 0 Å². The number of hydrogen-bond donors (Lipinski definition) is 3. The van der Waals surface area contributed by atoms with Gasteiger partial charge in [0, 0.05) is 19.5 Å². The number of nitrogens with zero attached hydrogens (tertiary/aromatic N) is 6. The lowest BCUT2D eigenvalue weighted by atomic mass is 10.1. The maximum atomic E-state index is 12.3. The van der Waals surface area contributed by atoms with Crippen LogP contribution in [0.4, 0.5) is 0 Å². The first kappa shape index (κ1) is 15.1. The van der Waals surface area contributed by atoms with Gasteiger partial charge < -0.3 is 20.9 Å². The second-order valence-electron chi connectivity index (χ2n) is 5.32. The van der Waals surface area contributed by atoms with Gasteiger partial charge in [-0.25, -0.2) is 4.98 Å². The Hall–Kier alpha value is -2.82. The first-order valence-electron chi connectivity index (χ1n) is 7.17. The van der Waals surface area contributed by atoms with E-state index in [4.69, 9.17) is 11.5 Å². The molecule has 0 aliphatic carbocycles. The number of imidazole rings is 1. The third-order valence-electron chi connectivity index (χ3n) is 3.77.